The summed E-state index contributed by atoms with van der Waals surface area (Å²) < 4.78 is 63.7. The Bertz CT molecular complexity index is 523. The Balaban J connectivity index is 2.79. The Morgan fingerprint density at radius 3 is 2.38 bits per heavy atom. The zero-order valence-electron chi connectivity index (χ0n) is 11.5. The molecule has 0 unspecified atom stereocenters. The molecule has 0 N–H and O–H groups in total. The number of phosphoric ester groups is 1. The Hall–Kier alpha value is -1.37. The number of nitrogens with zero attached hydrogens (tertiary/aromatic N) is 1. The first-order chi connectivity index (χ1) is 9.80. The van der Waals surface area contributed by atoms with Crippen LogP contribution in [0.1, 0.15) is 25.0 Å². The second-order valence-corrected chi connectivity index (χ2v) is 5.30. The maximum absolute atomic E-state index is 12.5. The molecular weight excluding hydrogens is 310 g/mol. The quantitative estimate of drug-likeness (QED) is 0.427. The van der Waals surface area contributed by atoms with Crippen molar-refractivity contribution in [3.63, 3.8) is 0 Å². The average molecular weight is 325 g/mol. The van der Waals surface area contributed by atoms with E-state index in [1.165, 1.54) is 12.1 Å². The van der Waals surface area contributed by atoms with E-state index in [0.717, 1.165) is 18.3 Å². The van der Waals surface area contributed by atoms with Crippen LogP contribution in [0.2, 0.25) is 0 Å². The van der Waals surface area contributed by atoms with Gasteiger partial charge in [0.2, 0.25) is 0 Å². The standard InChI is InChI=1S/C12H15F3NO4P/c1-3-18-21(17,19-4-2)20-16-9-10-6-5-7-11(8-10)12(13,14)15/h5-9H,3-4H2,1-2H3. The average Bonchev–Trinajstić information content (AvgIpc) is 2.38. The monoisotopic (exact) mass is 325 g/mol. The van der Waals surface area contributed by atoms with Crippen LogP contribution >= 0.6 is 7.82 Å². The molecule has 0 fully saturated rings. The minimum atomic E-state index is -4.45. The summed E-state index contributed by atoms with van der Waals surface area (Å²) in [6.07, 6.45) is -3.45. The van der Waals surface area contributed by atoms with Crippen molar-refractivity contribution in [2.75, 3.05) is 13.2 Å². The lowest BCUT2D eigenvalue weighted by Crippen LogP contribution is -2.05. The van der Waals surface area contributed by atoms with Gasteiger partial charge >= 0.3 is 14.0 Å². The second kappa shape index (κ2) is 7.59. The van der Waals surface area contributed by atoms with Crippen molar-refractivity contribution in [3.8, 4) is 0 Å². The van der Waals surface area contributed by atoms with Crippen molar-refractivity contribution in [1.29, 1.82) is 0 Å². The van der Waals surface area contributed by atoms with E-state index < -0.39 is 19.6 Å². The van der Waals surface area contributed by atoms with Crippen molar-refractivity contribution in [2.24, 2.45) is 5.16 Å². The number of alkyl halides is 3. The van der Waals surface area contributed by atoms with E-state index in [-0.39, 0.29) is 18.8 Å². The van der Waals surface area contributed by atoms with Gasteiger partial charge in [-0.25, -0.2) is 4.57 Å². The fourth-order valence-corrected chi connectivity index (χ4v) is 2.30. The van der Waals surface area contributed by atoms with Gasteiger partial charge in [-0.15, -0.1) is 0 Å². The van der Waals surface area contributed by atoms with Crippen LogP contribution in [0, 0.1) is 0 Å². The van der Waals surface area contributed by atoms with Crippen molar-refractivity contribution in [3.05, 3.63) is 35.4 Å². The van der Waals surface area contributed by atoms with Crippen LogP contribution in [0.3, 0.4) is 0 Å². The maximum atomic E-state index is 12.5. The first kappa shape index (κ1) is 17.7. The first-order valence-corrected chi connectivity index (χ1v) is 7.55. The smallest absolute Gasteiger partial charge is 0.292 e. The molecule has 0 saturated carbocycles. The van der Waals surface area contributed by atoms with E-state index in [4.69, 9.17) is 9.05 Å². The maximum Gasteiger partial charge on any atom is 0.550 e. The summed E-state index contributed by atoms with van der Waals surface area (Å²) in [5.41, 5.74) is -0.673. The minimum Gasteiger partial charge on any atom is -0.292 e. The molecule has 0 aliphatic carbocycles. The number of phosphoric acid groups is 1. The Labute approximate surface area is 120 Å². The highest BCUT2D eigenvalue weighted by molar-refractivity contribution is 7.48. The van der Waals surface area contributed by atoms with Crippen LogP contribution < -0.4 is 0 Å². The van der Waals surface area contributed by atoms with Crippen LogP contribution in [0.25, 0.3) is 0 Å². The summed E-state index contributed by atoms with van der Waals surface area (Å²) in [5.74, 6) is 0. The molecule has 9 heteroatoms. The van der Waals surface area contributed by atoms with Gasteiger partial charge in [-0.2, -0.15) is 13.2 Å². The zero-order chi connectivity index (χ0) is 15.9. The van der Waals surface area contributed by atoms with Crippen LogP contribution in [0.4, 0.5) is 13.2 Å². The molecule has 118 valence electrons. The third-order valence-corrected chi connectivity index (χ3v) is 3.58. The fourth-order valence-electron chi connectivity index (χ4n) is 1.34. The molecule has 1 aromatic carbocycles. The molecular formula is C12H15F3NO4P. The third-order valence-electron chi connectivity index (χ3n) is 2.14. The van der Waals surface area contributed by atoms with E-state index in [9.17, 15) is 17.7 Å². The number of hydrogen-bond acceptors (Lipinski definition) is 5. The molecule has 0 spiro atoms. The second-order valence-electron chi connectivity index (χ2n) is 3.72. The number of hydrogen-bond donors (Lipinski definition) is 0. The molecule has 0 atom stereocenters. The van der Waals surface area contributed by atoms with Crippen LogP contribution in [-0.2, 0) is 24.4 Å². The number of benzene rings is 1. The molecule has 0 aliphatic rings. The fraction of sp³-hybridized carbons (Fsp3) is 0.417. The Morgan fingerprint density at radius 2 is 1.86 bits per heavy atom. The van der Waals surface area contributed by atoms with Gasteiger partial charge < -0.3 is 0 Å². The molecule has 0 aromatic heterocycles. The number of oxime groups is 1. The molecule has 0 saturated heterocycles. The molecule has 21 heavy (non-hydrogen) atoms. The first-order valence-electron chi connectivity index (χ1n) is 6.09. The van der Waals surface area contributed by atoms with E-state index in [2.05, 4.69) is 9.78 Å². The van der Waals surface area contributed by atoms with E-state index in [1.807, 2.05) is 0 Å². The normalized spacial score (nSPS) is 12.8. The molecule has 0 heterocycles. The lowest BCUT2D eigenvalue weighted by atomic mass is 10.1. The van der Waals surface area contributed by atoms with Crippen molar-refractivity contribution in [1.82, 2.24) is 0 Å². The van der Waals surface area contributed by atoms with Gasteiger partial charge in [0.15, 0.2) is 0 Å². The largest absolute Gasteiger partial charge is 0.550 e. The molecule has 5 nitrogen and oxygen atoms in total. The van der Waals surface area contributed by atoms with Crippen LogP contribution in [0.5, 0.6) is 0 Å². The highest BCUT2D eigenvalue weighted by Crippen LogP contribution is 2.49. The van der Waals surface area contributed by atoms with Gasteiger partial charge in [0.25, 0.3) is 0 Å². The molecule has 0 amide bonds. The summed E-state index contributed by atoms with van der Waals surface area (Å²) in [6.45, 7) is 3.34. The molecule has 0 radical (unpaired) electrons. The topological polar surface area (TPSA) is 57.1 Å². The SMILES string of the molecule is CCOP(=O)(OCC)ON=Cc1cccc(C(F)(F)F)c1. The van der Waals surface area contributed by atoms with Gasteiger partial charge in [0, 0.05) is 0 Å². The van der Waals surface area contributed by atoms with Crippen molar-refractivity contribution >= 4 is 14.0 Å². The van der Waals surface area contributed by atoms with Crippen LogP contribution in [-0.4, -0.2) is 19.4 Å². The van der Waals surface area contributed by atoms with Gasteiger partial charge in [-0.1, -0.05) is 17.3 Å². The zero-order valence-corrected chi connectivity index (χ0v) is 12.4. The summed E-state index contributed by atoms with van der Waals surface area (Å²) >= 11 is 0. The highest BCUT2D eigenvalue weighted by Gasteiger charge is 2.30. The van der Waals surface area contributed by atoms with Gasteiger partial charge in [0.1, 0.15) is 0 Å². The summed E-state index contributed by atoms with van der Waals surface area (Å²) in [5, 5.41) is 3.37. The lowest BCUT2D eigenvalue weighted by molar-refractivity contribution is -0.137. The van der Waals surface area contributed by atoms with E-state index in [0.29, 0.717) is 0 Å². The number of halogens is 3. The van der Waals surface area contributed by atoms with Crippen molar-refractivity contribution in [2.45, 2.75) is 20.0 Å². The summed E-state index contributed by atoms with van der Waals surface area (Å²) in [4.78, 5) is 0. The minimum absolute atomic E-state index is 0.0797. The van der Waals surface area contributed by atoms with Crippen molar-refractivity contribution < 1.29 is 31.4 Å². The summed E-state index contributed by atoms with van der Waals surface area (Å²) in [6, 6.07) is 4.45. The number of rotatable bonds is 7. The summed E-state index contributed by atoms with van der Waals surface area (Å²) in [7, 11) is -3.82. The third kappa shape index (κ3) is 5.87. The molecule has 0 aliphatic heterocycles. The predicted octanol–water partition coefficient (Wildman–Crippen LogP) is 4.24. The Kier molecular flexibility index (Phi) is 6.39. The van der Waals surface area contributed by atoms with E-state index in [1.54, 1.807) is 13.8 Å². The lowest BCUT2D eigenvalue weighted by Gasteiger charge is -2.12. The molecule has 0 bridgehead atoms. The molecule has 1 rings (SSSR count). The highest BCUT2D eigenvalue weighted by atomic mass is 31.2. The van der Waals surface area contributed by atoms with Gasteiger partial charge in [0.05, 0.1) is 25.0 Å². The van der Waals surface area contributed by atoms with Crippen LogP contribution in [0.15, 0.2) is 29.4 Å². The predicted molar refractivity (Wildman–Crippen MR) is 71.0 cm³/mol. The molecule has 1 aromatic rings. The Morgan fingerprint density at radius 1 is 1.24 bits per heavy atom. The van der Waals surface area contributed by atoms with Gasteiger partial charge in [-0.05, 0) is 31.5 Å². The van der Waals surface area contributed by atoms with E-state index >= 15 is 0 Å². The van der Waals surface area contributed by atoms with Gasteiger partial charge in [-0.3, -0.25) is 13.7 Å².